The van der Waals surface area contributed by atoms with Crippen LogP contribution < -0.4 is 10.6 Å². The van der Waals surface area contributed by atoms with Crippen LogP contribution in [-0.2, 0) is 23.1 Å². The number of aryl methyl sites for hydroxylation is 1. The number of hydrogen-bond donors (Lipinski definition) is 2. The second kappa shape index (κ2) is 9.65. The van der Waals surface area contributed by atoms with E-state index in [0.29, 0.717) is 35.7 Å². The molecule has 1 aromatic carbocycles. The molecule has 5 rings (SSSR count). The monoisotopic (exact) mass is 466 g/mol. The molecule has 2 N–H and O–H groups in total. The molecular formula is C25H30N4O3S. The van der Waals surface area contributed by atoms with Crippen LogP contribution in [0.15, 0.2) is 29.0 Å². The van der Waals surface area contributed by atoms with E-state index in [2.05, 4.69) is 10.6 Å². The molecule has 2 fully saturated rings. The lowest BCUT2D eigenvalue weighted by molar-refractivity contribution is -0.117. The lowest BCUT2D eigenvalue weighted by Crippen LogP contribution is -2.24. The standard InChI is InChI=1S/C25H30N4O3S/c1-29-23-19(25(31)26-14-17-8-10-33-15-17)12-18(27-22(30)11-16-5-2-3-6-16)13-20(23)28-24(29)21-7-4-9-32-21/h8,10,12-13,15-16,21H,2-7,9,11,14H2,1H3,(H,26,31)(H,27,30)/t21-/m0/s1. The largest absolute Gasteiger partial charge is 0.370 e. The molecule has 1 saturated heterocycles. The van der Waals surface area contributed by atoms with Gasteiger partial charge in [-0.15, -0.1) is 0 Å². The van der Waals surface area contributed by atoms with Gasteiger partial charge in [-0.05, 0) is 66.1 Å². The zero-order valence-corrected chi connectivity index (χ0v) is 19.7. The third-order valence-corrected chi connectivity index (χ3v) is 7.46. The van der Waals surface area contributed by atoms with Gasteiger partial charge >= 0.3 is 0 Å². The highest BCUT2D eigenvalue weighted by molar-refractivity contribution is 7.07. The van der Waals surface area contributed by atoms with E-state index >= 15 is 0 Å². The summed E-state index contributed by atoms with van der Waals surface area (Å²) >= 11 is 1.60. The molecule has 1 aliphatic heterocycles. The minimum Gasteiger partial charge on any atom is -0.370 e. The number of rotatable bonds is 7. The average molecular weight is 467 g/mol. The van der Waals surface area contributed by atoms with Crippen LogP contribution in [-0.4, -0.2) is 28.0 Å². The molecule has 174 valence electrons. The first-order valence-electron chi connectivity index (χ1n) is 11.8. The van der Waals surface area contributed by atoms with Gasteiger partial charge in [-0.25, -0.2) is 4.98 Å². The Kier molecular flexibility index (Phi) is 6.46. The van der Waals surface area contributed by atoms with Crippen LogP contribution in [0, 0.1) is 5.92 Å². The Bertz CT molecular complexity index is 1140. The van der Waals surface area contributed by atoms with E-state index < -0.39 is 0 Å². The Morgan fingerprint density at radius 2 is 2.06 bits per heavy atom. The van der Waals surface area contributed by atoms with Gasteiger partial charge in [0.05, 0.1) is 16.6 Å². The fraction of sp³-hybridized carbons (Fsp3) is 0.480. The Hall–Kier alpha value is -2.71. The van der Waals surface area contributed by atoms with Gasteiger partial charge in [0.15, 0.2) is 0 Å². The SMILES string of the molecule is Cn1c([C@@H]2CCCO2)nc2cc(NC(=O)CC3CCCC3)cc(C(=O)NCc3ccsc3)c21. The number of carbonyl (C=O) groups excluding carboxylic acids is 2. The molecule has 0 radical (unpaired) electrons. The molecule has 3 aromatic rings. The third kappa shape index (κ3) is 4.82. The highest BCUT2D eigenvalue weighted by Crippen LogP contribution is 2.33. The third-order valence-electron chi connectivity index (χ3n) is 6.73. The lowest BCUT2D eigenvalue weighted by atomic mass is 10.0. The van der Waals surface area contributed by atoms with Crippen LogP contribution in [0.1, 0.15) is 72.8 Å². The highest BCUT2D eigenvalue weighted by atomic mass is 32.1. The second-order valence-electron chi connectivity index (χ2n) is 9.14. The minimum absolute atomic E-state index is 0.00108. The number of hydrogen-bond acceptors (Lipinski definition) is 5. The van der Waals surface area contributed by atoms with E-state index in [9.17, 15) is 9.59 Å². The predicted octanol–water partition coefficient (Wildman–Crippen LogP) is 4.94. The number of imidazole rings is 1. The molecule has 1 atom stereocenters. The first-order valence-corrected chi connectivity index (χ1v) is 12.7. The fourth-order valence-corrected chi connectivity index (χ4v) is 5.71. The molecule has 0 spiro atoms. The lowest BCUT2D eigenvalue weighted by Gasteiger charge is -2.13. The van der Waals surface area contributed by atoms with E-state index in [1.54, 1.807) is 17.4 Å². The van der Waals surface area contributed by atoms with Crippen molar-refractivity contribution in [1.29, 1.82) is 0 Å². The number of nitrogens with one attached hydrogen (secondary N) is 2. The van der Waals surface area contributed by atoms with Crippen molar-refractivity contribution < 1.29 is 14.3 Å². The van der Waals surface area contributed by atoms with Crippen molar-refractivity contribution in [3.63, 3.8) is 0 Å². The van der Waals surface area contributed by atoms with Gasteiger partial charge in [0.2, 0.25) is 5.91 Å². The Morgan fingerprint density at radius 3 is 2.79 bits per heavy atom. The van der Waals surface area contributed by atoms with E-state index in [4.69, 9.17) is 9.72 Å². The van der Waals surface area contributed by atoms with Gasteiger partial charge in [0.1, 0.15) is 11.9 Å². The summed E-state index contributed by atoms with van der Waals surface area (Å²) in [6.07, 6.45) is 7.04. The topological polar surface area (TPSA) is 85.2 Å². The Morgan fingerprint density at radius 1 is 1.21 bits per heavy atom. The summed E-state index contributed by atoms with van der Waals surface area (Å²) in [5.74, 6) is 1.10. The zero-order chi connectivity index (χ0) is 22.8. The highest BCUT2D eigenvalue weighted by Gasteiger charge is 2.26. The second-order valence-corrected chi connectivity index (χ2v) is 9.92. The maximum Gasteiger partial charge on any atom is 0.253 e. The molecule has 1 aliphatic carbocycles. The van der Waals surface area contributed by atoms with Gasteiger partial charge < -0.3 is 19.9 Å². The van der Waals surface area contributed by atoms with Crippen LogP contribution in [0.4, 0.5) is 5.69 Å². The molecule has 33 heavy (non-hydrogen) atoms. The summed E-state index contributed by atoms with van der Waals surface area (Å²) in [7, 11) is 1.93. The normalized spacial score (nSPS) is 18.8. The maximum absolute atomic E-state index is 13.3. The number of amides is 2. The van der Waals surface area contributed by atoms with Crippen LogP contribution in [0.25, 0.3) is 11.0 Å². The van der Waals surface area contributed by atoms with E-state index in [0.717, 1.165) is 49.2 Å². The van der Waals surface area contributed by atoms with E-state index in [1.807, 2.05) is 34.5 Å². The van der Waals surface area contributed by atoms with Crippen molar-refractivity contribution in [2.24, 2.45) is 13.0 Å². The molecule has 1 saturated carbocycles. The molecular weight excluding hydrogens is 436 g/mol. The van der Waals surface area contributed by atoms with Crippen molar-refractivity contribution in [2.45, 2.75) is 57.6 Å². The van der Waals surface area contributed by atoms with E-state index in [-0.39, 0.29) is 17.9 Å². The Balaban J connectivity index is 1.45. The molecule has 2 aliphatic rings. The number of aromatic nitrogens is 2. The number of fused-ring (bicyclic) bond motifs is 1. The van der Waals surface area contributed by atoms with Crippen molar-refractivity contribution >= 4 is 39.9 Å². The number of carbonyl (C=O) groups is 2. The summed E-state index contributed by atoms with van der Waals surface area (Å²) in [4.78, 5) is 30.8. The van der Waals surface area contributed by atoms with Gasteiger partial charge in [-0.3, -0.25) is 9.59 Å². The van der Waals surface area contributed by atoms with Crippen molar-refractivity contribution in [3.05, 3.63) is 45.9 Å². The quantitative estimate of drug-likeness (QED) is 0.517. The van der Waals surface area contributed by atoms with Crippen LogP contribution in [0.5, 0.6) is 0 Å². The van der Waals surface area contributed by atoms with Gasteiger partial charge in [0.25, 0.3) is 5.91 Å². The predicted molar refractivity (Wildman–Crippen MR) is 129 cm³/mol. The van der Waals surface area contributed by atoms with E-state index in [1.165, 1.54) is 12.8 Å². The molecule has 7 nitrogen and oxygen atoms in total. The summed E-state index contributed by atoms with van der Waals surface area (Å²) < 4.78 is 7.83. The molecule has 0 bridgehead atoms. The number of ether oxygens (including phenoxy) is 1. The van der Waals surface area contributed by atoms with Crippen molar-refractivity contribution in [1.82, 2.24) is 14.9 Å². The first-order chi connectivity index (χ1) is 16.1. The van der Waals surface area contributed by atoms with Crippen LogP contribution in [0.2, 0.25) is 0 Å². The fourth-order valence-electron chi connectivity index (χ4n) is 5.04. The summed E-state index contributed by atoms with van der Waals surface area (Å²) in [6.45, 7) is 1.18. The zero-order valence-electron chi connectivity index (χ0n) is 18.9. The number of nitrogens with zero attached hydrogens (tertiary/aromatic N) is 2. The first kappa shape index (κ1) is 22.1. The number of benzene rings is 1. The number of anilines is 1. The summed E-state index contributed by atoms with van der Waals surface area (Å²) in [5.41, 5.74) is 3.65. The molecule has 8 heteroatoms. The smallest absolute Gasteiger partial charge is 0.253 e. The molecule has 3 heterocycles. The van der Waals surface area contributed by atoms with Crippen molar-refractivity contribution in [3.8, 4) is 0 Å². The summed E-state index contributed by atoms with van der Waals surface area (Å²) in [5, 5.41) is 10.1. The van der Waals surface area contributed by atoms with Crippen molar-refractivity contribution in [2.75, 3.05) is 11.9 Å². The van der Waals surface area contributed by atoms with Crippen LogP contribution >= 0.6 is 11.3 Å². The van der Waals surface area contributed by atoms with Gasteiger partial charge in [-0.1, -0.05) is 12.8 Å². The minimum atomic E-state index is -0.181. The van der Waals surface area contributed by atoms with Gasteiger partial charge in [-0.2, -0.15) is 11.3 Å². The number of thiophene rings is 1. The average Bonchev–Trinajstić information content (AvgIpc) is 3.59. The maximum atomic E-state index is 13.3. The van der Waals surface area contributed by atoms with Gasteiger partial charge in [0, 0.05) is 32.3 Å². The Labute approximate surface area is 197 Å². The molecule has 2 aromatic heterocycles. The molecule has 2 amide bonds. The van der Waals surface area contributed by atoms with Crippen LogP contribution in [0.3, 0.4) is 0 Å². The summed E-state index contributed by atoms with van der Waals surface area (Å²) in [6, 6.07) is 5.65. The molecule has 0 unspecified atom stereocenters.